The minimum absolute atomic E-state index is 0.133. The van der Waals surface area contributed by atoms with Crippen LogP contribution in [0.25, 0.3) is 0 Å². The molecule has 1 heterocycles. The predicted molar refractivity (Wildman–Crippen MR) is 78.9 cm³/mol. The van der Waals surface area contributed by atoms with Crippen molar-refractivity contribution in [3.8, 4) is 0 Å². The molecule has 0 aliphatic heterocycles. The molecule has 0 fully saturated rings. The van der Waals surface area contributed by atoms with E-state index in [9.17, 15) is 0 Å². The van der Waals surface area contributed by atoms with E-state index in [1.54, 1.807) is 0 Å². The zero-order valence-corrected chi connectivity index (χ0v) is 12.8. The van der Waals surface area contributed by atoms with E-state index in [0.717, 1.165) is 12.1 Å². The minimum Gasteiger partial charge on any atom is -0.323 e. The standard InChI is InChI=1S/C14H27N3S/c1-4-5-6-7-8-9-10-12(15)14-13(11(2)3)16-17-18-14/h11-12H,4-10,15H2,1-3H3. The Kier molecular flexibility index (Phi) is 7.44. The molecule has 0 spiro atoms. The van der Waals surface area contributed by atoms with Crippen LogP contribution in [0.4, 0.5) is 0 Å². The first-order valence-electron chi connectivity index (χ1n) is 7.24. The zero-order valence-electron chi connectivity index (χ0n) is 12.0. The summed E-state index contributed by atoms with van der Waals surface area (Å²) in [5.41, 5.74) is 7.35. The lowest BCUT2D eigenvalue weighted by Gasteiger charge is -2.12. The Hall–Kier alpha value is -0.480. The van der Waals surface area contributed by atoms with Crippen molar-refractivity contribution in [1.29, 1.82) is 0 Å². The number of hydrogen-bond donors (Lipinski definition) is 1. The van der Waals surface area contributed by atoms with E-state index in [4.69, 9.17) is 5.73 Å². The first-order valence-corrected chi connectivity index (χ1v) is 8.01. The van der Waals surface area contributed by atoms with Gasteiger partial charge in [0.1, 0.15) is 0 Å². The Labute approximate surface area is 115 Å². The average Bonchev–Trinajstić information content (AvgIpc) is 2.82. The summed E-state index contributed by atoms with van der Waals surface area (Å²) in [6.45, 7) is 6.55. The minimum atomic E-state index is 0.133. The monoisotopic (exact) mass is 269 g/mol. The van der Waals surface area contributed by atoms with Crippen molar-refractivity contribution in [1.82, 2.24) is 9.59 Å². The molecule has 0 saturated heterocycles. The molecule has 4 heteroatoms. The average molecular weight is 269 g/mol. The van der Waals surface area contributed by atoms with Crippen molar-refractivity contribution in [2.24, 2.45) is 5.73 Å². The molecule has 1 atom stereocenters. The van der Waals surface area contributed by atoms with Gasteiger partial charge in [-0.3, -0.25) is 0 Å². The smallest absolute Gasteiger partial charge is 0.0828 e. The third kappa shape index (κ3) is 5.02. The first-order chi connectivity index (χ1) is 8.66. The Bertz CT molecular complexity index is 323. The molecule has 0 radical (unpaired) electrons. The van der Waals surface area contributed by atoms with E-state index in [-0.39, 0.29) is 6.04 Å². The van der Waals surface area contributed by atoms with Crippen molar-refractivity contribution in [3.63, 3.8) is 0 Å². The molecular weight excluding hydrogens is 242 g/mol. The first kappa shape index (κ1) is 15.6. The molecule has 1 aromatic rings. The summed E-state index contributed by atoms with van der Waals surface area (Å²) in [6.07, 6.45) is 8.97. The van der Waals surface area contributed by atoms with Crippen LogP contribution in [0.3, 0.4) is 0 Å². The van der Waals surface area contributed by atoms with Crippen LogP contribution < -0.4 is 5.73 Å². The van der Waals surface area contributed by atoms with Gasteiger partial charge in [-0.15, -0.1) is 5.10 Å². The van der Waals surface area contributed by atoms with Crippen LogP contribution in [0.5, 0.6) is 0 Å². The van der Waals surface area contributed by atoms with Gasteiger partial charge in [-0.1, -0.05) is 63.8 Å². The summed E-state index contributed by atoms with van der Waals surface area (Å²) in [4.78, 5) is 1.19. The van der Waals surface area contributed by atoms with Gasteiger partial charge in [-0.05, 0) is 23.9 Å². The van der Waals surface area contributed by atoms with Crippen LogP contribution in [0, 0.1) is 0 Å². The highest BCUT2D eigenvalue weighted by atomic mass is 32.1. The van der Waals surface area contributed by atoms with Gasteiger partial charge in [0.15, 0.2) is 0 Å². The highest BCUT2D eigenvalue weighted by molar-refractivity contribution is 7.05. The molecule has 0 amide bonds. The highest BCUT2D eigenvalue weighted by Gasteiger charge is 2.17. The third-order valence-corrected chi connectivity index (χ3v) is 4.16. The molecule has 3 nitrogen and oxygen atoms in total. The van der Waals surface area contributed by atoms with E-state index in [1.807, 2.05) is 0 Å². The number of aromatic nitrogens is 2. The largest absolute Gasteiger partial charge is 0.323 e. The van der Waals surface area contributed by atoms with E-state index >= 15 is 0 Å². The highest BCUT2D eigenvalue weighted by Crippen LogP contribution is 2.27. The quantitative estimate of drug-likeness (QED) is 0.675. The Morgan fingerprint density at radius 1 is 1.11 bits per heavy atom. The molecule has 1 rings (SSSR count). The summed E-state index contributed by atoms with van der Waals surface area (Å²) in [5, 5.41) is 4.19. The third-order valence-electron chi connectivity index (χ3n) is 3.29. The Morgan fingerprint density at radius 3 is 2.44 bits per heavy atom. The second-order valence-corrected chi connectivity index (χ2v) is 6.13. The lowest BCUT2D eigenvalue weighted by atomic mass is 10.0. The van der Waals surface area contributed by atoms with Crippen molar-refractivity contribution >= 4 is 11.5 Å². The maximum Gasteiger partial charge on any atom is 0.0828 e. The molecule has 0 bridgehead atoms. The van der Waals surface area contributed by atoms with Crippen molar-refractivity contribution in [2.75, 3.05) is 0 Å². The molecule has 0 aliphatic rings. The van der Waals surface area contributed by atoms with Gasteiger partial charge in [0.25, 0.3) is 0 Å². The summed E-state index contributed by atoms with van der Waals surface area (Å²) >= 11 is 1.47. The van der Waals surface area contributed by atoms with Crippen LogP contribution in [-0.4, -0.2) is 9.59 Å². The summed E-state index contributed by atoms with van der Waals surface area (Å²) < 4.78 is 4.04. The zero-order chi connectivity index (χ0) is 13.4. The van der Waals surface area contributed by atoms with Crippen LogP contribution in [0.2, 0.25) is 0 Å². The van der Waals surface area contributed by atoms with E-state index in [0.29, 0.717) is 5.92 Å². The topological polar surface area (TPSA) is 51.8 Å². The van der Waals surface area contributed by atoms with Crippen LogP contribution >= 0.6 is 11.5 Å². The molecule has 1 unspecified atom stereocenters. The lowest BCUT2D eigenvalue weighted by Crippen LogP contribution is -2.11. The normalized spacial score (nSPS) is 13.2. The van der Waals surface area contributed by atoms with E-state index < -0.39 is 0 Å². The second kappa shape index (κ2) is 8.59. The second-order valence-electron chi connectivity index (χ2n) is 5.34. The van der Waals surface area contributed by atoms with E-state index in [2.05, 4.69) is 30.4 Å². The van der Waals surface area contributed by atoms with Gasteiger partial charge in [-0.2, -0.15) is 0 Å². The van der Waals surface area contributed by atoms with Gasteiger partial charge in [-0.25, -0.2) is 0 Å². The lowest BCUT2D eigenvalue weighted by molar-refractivity contribution is 0.547. The van der Waals surface area contributed by atoms with Crippen molar-refractivity contribution in [3.05, 3.63) is 10.6 Å². The molecule has 18 heavy (non-hydrogen) atoms. The predicted octanol–water partition coefficient (Wildman–Crippen LogP) is 4.41. The number of hydrogen-bond acceptors (Lipinski definition) is 4. The molecular formula is C14H27N3S. The molecule has 2 N–H and O–H groups in total. The Morgan fingerprint density at radius 2 is 1.78 bits per heavy atom. The maximum absolute atomic E-state index is 6.25. The fraction of sp³-hybridized carbons (Fsp3) is 0.857. The molecule has 0 aromatic carbocycles. The number of nitrogens with two attached hydrogens (primary N) is 1. The van der Waals surface area contributed by atoms with Gasteiger partial charge in [0, 0.05) is 6.04 Å². The summed E-state index contributed by atoms with van der Waals surface area (Å²) in [5.74, 6) is 0.425. The fourth-order valence-electron chi connectivity index (χ4n) is 2.14. The molecule has 1 aromatic heterocycles. The van der Waals surface area contributed by atoms with E-state index in [1.165, 1.54) is 54.9 Å². The van der Waals surface area contributed by atoms with Crippen molar-refractivity contribution in [2.45, 2.75) is 77.7 Å². The summed E-state index contributed by atoms with van der Waals surface area (Å²) in [6, 6.07) is 0.133. The summed E-state index contributed by atoms with van der Waals surface area (Å²) in [7, 11) is 0. The maximum atomic E-state index is 6.25. The number of rotatable bonds is 9. The fourth-order valence-corrected chi connectivity index (χ4v) is 2.98. The number of nitrogens with zero attached hydrogens (tertiary/aromatic N) is 2. The van der Waals surface area contributed by atoms with Gasteiger partial charge >= 0.3 is 0 Å². The van der Waals surface area contributed by atoms with Gasteiger partial charge in [0.05, 0.1) is 10.6 Å². The van der Waals surface area contributed by atoms with Crippen LogP contribution in [0.1, 0.15) is 88.2 Å². The SMILES string of the molecule is CCCCCCCCC(N)c1snnc1C(C)C. The van der Waals surface area contributed by atoms with Crippen molar-refractivity contribution < 1.29 is 0 Å². The molecule has 0 saturated carbocycles. The molecule has 0 aliphatic carbocycles. The number of unbranched alkanes of at least 4 members (excludes halogenated alkanes) is 5. The van der Waals surface area contributed by atoms with Crippen LogP contribution in [-0.2, 0) is 0 Å². The molecule has 104 valence electrons. The van der Waals surface area contributed by atoms with Gasteiger partial charge in [0.2, 0.25) is 0 Å². The van der Waals surface area contributed by atoms with Gasteiger partial charge < -0.3 is 5.73 Å². The Balaban J connectivity index is 2.27. The van der Waals surface area contributed by atoms with Crippen LogP contribution in [0.15, 0.2) is 0 Å².